The molecule has 3 nitrogen and oxygen atoms in total. The molecular formula is C20H18LiNO2. The van der Waals surface area contributed by atoms with Gasteiger partial charge in [0.25, 0.3) is 0 Å². The van der Waals surface area contributed by atoms with Gasteiger partial charge in [-0.3, -0.25) is 0 Å². The Morgan fingerprint density at radius 3 is 1.58 bits per heavy atom. The summed E-state index contributed by atoms with van der Waals surface area (Å²) in [5.74, 6) is 1.67. The zero-order valence-electron chi connectivity index (χ0n) is 14.2. The van der Waals surface area contributed by atoms with Crippen molar-refractivity contribution in [1.82, 2.24) is 0 Å². The third-order valence-electron chi connectivity index (χ3n) is 3.61. The summed E-state index contributed by atoms with van der Waals surface area (Å²) in [5, 5.41) is 0. The summed E-state index contributed by atoms with van der Waals surface area (Å²) >= 11 is 0. The fourth-order valence-corrected chi connectivity index (χ4v) is 2.43. The number of anilines is 3. The fraction of sp³-hybridized carbons (Fsp3) is 0.100. The van der Waals surface area contributed by atoms with Crippen molar-refractivity contribution in [1.29, 1.82) is 0 Å². The minimum absolute atomic E-state index is 0. The van der Waals surface area contributed by atoms with Crippen LogP contribution in [0.5, 0.6) is 11.5 Å². The number of hydrogen-bond donors (Lipinski definition) is 0. The normalized spacial score (nSPS) is 9.75. The van der Waals surface area contributed by atoms with Crippen LogP contribution in [0.25, 0.3) is 0 Å². The molecule has 0 spiro atoms. The molecule has 0 saturated carbocycles. The van der Waals surface area contributed by atoms with Crippen molar-refractivity contribution < 1.29 is 28.3 Å². The molecule has 0 N–H and O–H groups in total. The predicted molar refractivity (Wildman–Crippen MR) is 93.1 cm³/mol. The Labute approximate surface area is 155 Å². The Morgan fingerprint density at radius 2 is 1.21 bits per heavy atom. The van der Waals surface area contributed by atoms with E-state index in [9.17, 15) is 0 Å². The van der Waals surface area contributed by atoms with Crippen LogP contribution in [0.1, 0.15) is 0 Å². The van der Waals surface area contributed by atoms with E-state index in [2.05, 4.69) is 17.0 Å². The van der Waals surface area contributed by atoms with Crippen LogP contribution in [-0.4, -0.2) is 14.2 Å². The molecule has 3 aromatic carbocycles. The molecule has 4 heteroatoms. The zero-order chi connectivity index (χ0) is 16.1. The molecule has 0 unspecified atom stereocenters. The number of hydrogen-bond acceptors (Lipinski definition) is 3. The fourth-order valence-electron chi connectivity index (χ4n) is 2.43. The average molecular weight is 311 g/mol. The number of rotatable bonds is 5. The summed E-state index contributed by atoms with van der Waals surface area (Å²) in [6.07, 6.45) is 0. The second-order valence-electron chi connectivity index (χ2n) is 4.99. The molecule has 0 amide bonds. The Hall–Kier alpha value is -2.34. The van der Waals surface area contributed by atoms with E-state index in [4.69, 9.17) is 9.47 Å². The first-order valence-electron chi connectivity index (χ1n) is 7.36. The minimum Gasteiger partial charge on any atom is -0.497 e. The first-order chi connectivity index (χ1) is 11.3. The van der Waals surface area contributed by atoms with Crippen molar-refractivity contribution in [2.75, 3.05) is 19.1 Å². The van der Waals surface area contributed by atoms with Crippen molar-refractivity contribution in [3.63, 3.8) is 0 Å². The van der Waals surface area contributed by atoms with Crippen LogP contribution in [0.4, 0.5) is 17.1 Å². The first kappa shape index (κ1) is 18.0. The third-order valence-corrected chi connectivity index (χ3v) is 3.61. The van der Waals surface area contributed by atoms with Gasteiger partial charge in [0.15, 0.2) is 0 Å². The smallest absolute Gasteiger partial charge is 0.497 e. The molecular weight excluding hydrogens is 293 g/mol. The summed E-state index contributed by atoms with van der Waals surface area (Å²) in [5.41, 5.74) is 3.15. The molecule has 0 fully saturated rings. The van der Waals surface area contributed by atoms with Crippen LogP contribution in [-0.2, 0) is 0 Å². The molecule has 0 aromatic heterocycles. The molecule has 116 valence electrons. The van der Waals surface area contributed by atoms with Gasteiger partial charge in [0.05, 0.1) is 14.2 Å². The number of nitrogens with zero attached hydrogens (tertiary/aromatic N) is 1. The maximum atomic E-state index is 5.25. The maximum absolute atomic E-state index is 5.25. The van der Waals surface area contributed by atoms with Gasteiger partial charge in [-0.1, -0.05) is 5.69 Å². The van der Waals surface area contributed by atoms with Crippen LogP contribution >= 0.6 is 0 Å². The number of methoxy groups -OCH3 is 2. The molecule has 0 aliphatic heterocycles. The molecule has 24 heavy (non-hydrogen) atoms. The topological polar surface area (TPSA) is 21.7 Å². The van der Waals surface area contributed by atoms with Crippen LogP contribution < -0.4 is 33.2 Å². The van der Waals surface area contributed by atoms with Gasteiger partial charge in [-0.2, -0.15) is 24.3 Å². The Kier molecular flexibility index (Phi) is 6.37. The Balaban J connectivity index is 0.00000208. The van der Waals surface area contributed by atoms with E-state index in [0.717, 1.165) is 28.6 Å². The van der Waals surface area contributed by atoms with Crippen LogP contribution in [0, 0.1) is 6.07 Å². The maximum Gasteiger partial charge on any atom is 1.00 e. The van der Waals surface area contributed by atoms with E-state index in [-0.39, 0.29) is 18.9 Å². The van der Waals surface area contributed by atoms with Crippen molar-refractivity contribution in [2.45, 2.75) is 0 Å². The van der Waals surface area contributed by atoms with E-state index >= 15 is 0 Å². The van der Waals surface area contributed by atoms with Gasteiger partial charge in [0.2, 0.25) is 0 Å². The number of benzene rings is 3. The van der Waals surface area contributed by atoms with E-state index in [0.29, 0.717) is 0 Å². The monoisotopic (exact) mass is 311 g/mol. The SMILES string of the molecule is COc1ccc(N(c2c[c-]ccc2)c2ccc(OC)cc2)cc1.[Li+]. The largest absolute Gasteiger partial charge is 1.00 e. The Bertz CT molecular complexity index is 695. The average Bonchev–Trinajstić information content (AvgIpc) is 2.64. The molecule has 0 heterocycles. The van der Waals surface area contributed by atoms with Gasteiger partial charge in [0, 0.05) is 11.4 Å². The zero-order valence-corrected chi connectivity index (χ0v) is 14.2. The summed E-state index contributed by atoms with van der Waals surface area (Å²) in [4.78, 5) is 2.16. The number of ether oxygens (including phenoxy) is 2. The van der Waals surface area contributed by atoms with Gasteiger partial charge in [-0.25, -0.2) is 0 Å². The van der Waals surface area contributed by atoms with Crippen LogP contribution in [0.2, 0.25) is 0 Å². The van der Waals surface area contributed by atoms with E-state index in [1.54, 1.807) is 14.2 Å². The second-order valence-corrected chi connectivity index (χ2v) is 4.99. The molecule has 0 saturated heterocycles. The quantitative estimate of drug-likeness (QED) is 0.531. The summed E-state index contributed by atoms with van der Waals surface area (Å²) in [6, 6.07) is 27.0. The van der Waals surface area contributed by atoms with Gasteiger partial charge >= 0.3 is 18.9 Å². The Morgan fingerprint density at radius 1 is 0.708 bits per heavy atom. The molecule has 0 radical (unpaired) electrons. The van der Waals surface area contributed by atoms with Crippen LogP contribution in [0.3, 0.4) is 0 Å². The van der Waals surface area contributed by atoms with Crippen molar-refractivity contribution in [2.24, 2.45) is 0 Å². The van der Waals surface area contributed by atoms with E-state index in [1.165, 1.54) is 0 Å². The minimum atomic E-state index is 0. The molecule has 0 aliphatic carbocycles. The second kappa shape index (κ2) is 8.49. The van der Waals surface area contributed by atoms with Gasteiger partial charge in [-0.15, -0.1) is 6.07 Å². The van der Waals surface area contributed by atoms with Crippen molar-refractivity contribution in [3.05, 3.63) is 78.9 Å². The summed E-state index contributed by atoms with van der Waals surface area (Å²) in [6.45, 7) is 0. The molecule has 0 bridgehead atoms. The van der Waals surface area contributed by atoms with E-state index < -0.39 is 0 Å². The predicted octanol–water partition coefficient (Wildman–Crippen LogP) is 1.98. The van der Waals surface area contributed by atoms with Crippen molar-refractivity contribution >= 4 is 17.1 Å². The van der Waals surface area contributed by atoms with Gasteiger partial charge in [-0.05, 0) is 48.5 Å². The molecule has 3 aromatic rings. The van der Waals surface area contributed by atoms with Crippen molar-refractivity contribution in [3.8, 4) is 11.5 Å². The summed E-state index contributed by atoms with van der Waals surface area (Å²) in [7, 11) is 3.34. The van der Waals surface area contributed by atoms with Gasteiger partial charge < -0.3 is 14.4 Å². The summed E-state index contributed by atoms with van der Waals surface area (Å²) < 4.78 is 10.5. The first-order valence-corrected chi connectivity index (χ1v) is 7.36. The van der Waals surface area contributed by atoms with Crippen LogP contribution in [0.15, 0.2) is 72.8 Å². The third kappa shape index (κ3) is 3.94. The standard InChI is InChI=1S/C20H18NO2.Li/c1-22-19-12-8-17(9-13-19)21(16-6-4-3-5-7-16)18-10-14-20(23-2)15-11-18;/h3-4,6-15H,1-2H3;/q-1;+1. The molecule has 0 atom stereocenters. The van der Waals surface area contributed by atoms with Gasteiger partial charge in [0.1, 0.15) is 11.5 Å². The molecule has 0 aliphatic rings. The van der Waals surface area contributed by atoms with E-state index in [1.807, 2.05) is 66.7 Å². The molecule has 3 rings (SSSR count).